The van der Waals surface area contributed by atoms with Crippen molar-refractivity contribution in [3.05, 3.63) is 35.4 Å². The Kier molecular flexibility index (Phi) is 7.50. The van der Waals surface area contributed by atoms with Crippen LogP contribution in [0.5, 0.6) is 0 Å². The molecule has 1 fully saturated rings. The van der Waals surface area contributed by atoms with Gasteiger partial charge in [-0.1, -0.05) is 64.0 Å². The van der Waals surface area contributed by atoms with Crippen molar-refractivity contribution >= 4 is 0 Å². The first-order valence-electron chi connectivity index (χ1n) is 9.33. The molecule has 2 rings (SSSR count). The number of unbranched alkanes of at least 4 members (excludes halogenated alkanes) is 5. The Balaban J connectivity index is 1.64. The summed E-state index contributed by atoms with van der Waals surface area (Å²) in [5.41, 5.74) is 2.22. The molecule has 0 amide bonds. The van der Waals surface area contributed by atoms with Crippen molar-refractivity contribution in [3.63, 3.8) is 0 Å². The molecule has 0 N–H and O–H groups in total. The predicted octanol–water partition coefficient (Wildman–Crippen LogP) is 6.58. The van der Waals surface area contributed by atoms with E-state index >= 15 is 0 Å². The monoisotopic (exact) mass is 297 g/mol. The third kappa shape index (κ3) is 5.48. The average molecular weight is 297 g/mol. The molecular formula is C21H31N. The maximum atomic E-state index is 8.87. The molecule has 1 aromatic carbocycles. The van der Waals surface area contributed by atoms with Crippen LogP contribution in [-0.4, -0.2) is 0 Å². The number of nitriles is 1. The number of benzene rings is 1. The summed E-state index contributed by atoms with van der Waals surface area (Å²) in [4.78, 5) is 0. The summed E-state index contributed by atoms with van der Waals surface area (Å²) in [5.74, 6) is 1.70. The zero-order valence-electron chi connectivity index (χ0n) is 14.2. The summed E-state index contributed by atoms with van der Waals surface area (Å²) < 4.78 is 0. The zero-order valence-corrected chi connectivity index (χ0v) is 14.2. The van der Waals surface area contributed by atoms with Crippen LogP contribution < -0.4 is 0 Å². The zero-order chi connectivity index (χ0) is 15.6. The molecule has 0 saturated heterocycles. The molecule has 0 aromatic heterocycles. The Hall–Kier alpha value is -1.29. The fourth-order valence-electron chi connectivity index (χ4n) is 3.83. The number of rotatable bonds is 8. The van der Waals surface area contributed by atoms with Gasteiger partial charge in [0.2, 0.25) is 0 Å². The molecule has 22 heavy (non-hydrogen) atoms. The highest BCUT2D eigenvalue weighted by molar-refractivity contribution is 5.33. The van der Waals surface area contributed by atoms with Gasteiger partial charge >= 0.3 is 0 Å². The largest absolute Gasteiger partial charge is 0.192 e. The molecule has 0 atom stereocenters. The SMILES string of the molecule is CCCCCCCCC1CCC(c2ccc(C#N)cc2)CC1. The second-order valence-corrected chi connectivity index (χ2v) is 7.01. The topological polar surface area (TPSA) is 23.8 Å². The summed E-state index contributed by atoms with van der Waals surface area (Å²) in [6, 6.07) is 10.5. The second-order valence-electron chi connectivity index (χ2n) is 7.01. The molecular weight excluding hydrogens is 266 g/mol. The van der Waals surface area contributed by atoms with Crippen molar-refractivity contribution in [1.82, 2.24) is 0 Å². The standard InChI is InChI=1S/C21H31N/c1-2-3-4-5-6-7-8-18-9-13-20(14-10-18)21-15-11-19(17-22)12-16-21/h11-12,15-16,18,20H,2-10,13-14H2,1H3. The molecule has 1 nitrogen and oxygen atoms in total. The van der Waals surface area contributed by atoms with Crippen molar-refractivity contribution in [2.75, 3.05) is 0 Å². The highest BCUT2D eigenvalue weighted by Crippen LogP contribution is 2.37. The van der Waals surface area contributed by atoms with Crippen molar-refractivity contribution in [2.24, 2.45) is 5.92 Å². The maximum Gasteiger partial charge on any atom is 0.0991 e. The molecule has 0 aliphatic heterocycles. The minimum atomic E-state index is 0.730. The van der Waals surface area contributed by atoms with E-state index in [9.17, 15) is 0 Å². The fraction of sp³-hybridized carbons (Fsp3) is 0.667. The van der Waals surface area contributed by atoms with Gasteiger partial charge in [-0.3, -0.25) is 0 Å². The fourth-order valence-corrected chi connectivity index (χ4v) is 3.83. The summed E-state index contributed by atoms with van der Waals surface area (Å²) in [6.07, 6.45) is 15.4. The molecule has 0 radical (unpaired) electrons. The van der Waals surface area contributed by atoms with Crippen molar-refractivity contribution in [3.8, 4) is 6.07 Å². The molecule has 0 heterocycles. The molecule has 1 aromatic rings. The van der Waals surface area contributed by atoms with Crippen molar-refractivity contribution in [1.29, 1.82) is 5.26 Å². The van der Waals surface area contributed by atoms with Crippen molar-refractivity contribution in [2.45, 2.75) is 83.5 Å². The molecule has 1 aliphatic rings. The van der Waals surface area contributed by atoms with Crippen LogP contribution in [-0.2, 0) is 0 Å². The van der Waals surface area contributed by atoms with E-state index in [1.54, 1.807) is 0 Å². The van der Waals surface area contributed by atoms with Gasteiger partial charge in [-0.05, 0) is 55.2 Å². The van der Waals surface area contributed by atoms with Crippen LogP contribution in [0.4, 0.5) is 0 Å². The third-order valence-electron chi connectivity index (χ3n) is 5.32. The Bertz CT molecular complexity index is 446. The molecule has 0 bridgehead atoms. The Morgan fingerprint density at radius 2 is 1.55 bits per heavy atom. The van der Waals surface area contributed by atoms with Crippen LogP contribution in [0.1, 0.15) is 94.6 Å². The molecule has 0 spiro atoms. The van der Waals surface area contributed by atoms with E-state index in [1.807, 2.05) is 12.1 Å². The summed E-state index contributed by atoms with van der Waals surface area (Å²) in [6.45, 7) is 2.28. The van der Waals surface area contributed by atoms with Gasteiger partial charge in [0.25, 0.3) is 0 Å². The van der Waals surface area contributed by atoms with E-state index in [0.29, 0.717) is 0 Å². The first-order chi connectivity index (χ1) is 10.8. The van der Waals surface area contributed by atoms with Crippen molar-refractivity contribution < 1.29 is 0 Å². The first-order valence-corrected chi connectivity index (χ1v) is 9.33. The number of hydrogen-bond donors (Lipinski definition) is 0. The third-order valence-corrected chi connectivity index (χ3v) is 5.32. The van der Waals surface area contributed by atoms with Gasteiger partial charge in [0, 0.05) is 0 Å². The highest BCUT2D eigenvalue weighted by Gasteiger charge is 2.21. The average Bonchev–Trinajstić information content (AvgIpc) is 2.59. The molecule has 1 aliphatic carbocycles. The van der Waals surface area contributed by atoms with E-state index in [4.69, 9.17) is 5.26 Å². The Morgan fingerprint density at radius 3 is 2.18 bits per heavy atom. The lowest BCUT2D eigenvalue weighted by molar-refractivity contribution is 0.302. The van der Waals surface area contributed by atoms with Gasteiger partial charge in [-0.15, -0.1) is 0 Å². The lowest BCUT2D eigenvalue weighted by Crippen LogP contribution is -2.13. The quantitative estimate of drug-likeness (QED) is 0.497. The molecule has 1 heteroatoms. The van der Waals surface area contributed by atoms with E-state index in [1.165, 1.54) is 76.2 Å². The smallest absolute Gasteiger partial charge is 0.0991 e. The minimum Gasteiger partial charge on any atom is -0.192 e. The normalized spacial score (nSPS) is 21.5. The maximum absolute atomic E-state index is 8.87. The molecule has 1 saturated carbocycles. The minimum absolute atomic E-state index is 0.730. The summed E-state index contributed by atoms with van der Waals surface area (Å²) >= 11 is 0. The number of nitrogens with zero attached hydrogens (tertiary/aromatic N) is 1. The van der Waals surface area contributed by atoms with Crippen LogP contribution in [0.15, 0.2) is 24.3 Å². The van der Waals surface area contributed by atoms with Gasteiger partial charge in [0.1, 0.15) is 0 Å². The second kappa shape index (κ2) is 9.67. The van der Waals surface area contributed by atoms with Gasteiger partial charge in [0.05, 0.1) is 11.6 Å². The van der Waals surface area contributed by atoms with Crippen LogP contribution in [0.3, 0.4) is 0 Å². The van der Waals surface area contributed by atoms with E-state index in [2.05, 4.69) is 25.1 Å². The van der Waals surface area contributed by atoms with E-state index < -0.39 is 0 Å². The molecule has 0 unspecified atom stereocenters. The Labute approximate surface area is 136 Å². The van der Waals surface area contributed by atoms with Gasteiger partial charge < -0.3 is 0 Å². The first kappa shape index (κ1) is 17.1. The van der Waals surface area contributed by atoms with E-state index in [0.717, 1.165) is 17.4 Å². The Morgan fingerprint density at radius 1 is 0.909 bits per heavy atom. The van der Waals surface area contributed by atoms with Gasteiger partial charge in [-0.2, -0.15) is 5.26 Å². The molecule has 120 valence electrons. The highest BCUT2D eigenvalue weighted by atomic mass is 14.3. The van der Waals surface area contributed by atoms with Crippen LogP contribution in [0.2, 0.25) is 0 Å². The summed E-state index contributed by atoms with van der Waals surface area (Å²) in [7, 11) is 0. The van der Waals surface area contributed by atoms with E-state index in [-0.39, 0.29) is 0 Å². The number of hydrogen-bond acceptors (Lipinski definition) is 1. The van der Waals surface area contributed by atoms with Gasteiger partial charge in [0.15, 0.2) is 0 Å². The lowest BCUT2D eigenvalue weighted by Gasteiger charge is -2.29. The van der Waals surface area contributed by atoms with Gasteiger partial charge in [-0.25, -0.2) is 0 Å². The van der Waals surface area contributed by atoms with Crippen LogP contribution in [0.25, 0.3) is 0 Å². The predicted molar refractivity (Wildman–Crippen MR) is 93.8 cm³/mol. The summed E-state index contributed by atoms with van der Waals surface area (Å²) in [5, 5.41) is 8.87. The van der Waals surface area contributed by atoms with Crippen LogP contribution >= 0.6 is 0 Å². The van der Waals surface area contributed by atoms with Crippen LogP contribution in [0, 0.1) is 17.2 Å². The lowest BCUT2D eigenvalue weighted by atomic mass is 9.77.